The zero-order valence-electron chi connectivity index (χ0n) is 7.62. The molecule has 1 fully saturated rings. The zero-order chi connectivity index (χ0) is 9.26. The maximum atomic E-state index is 11.0. The second-order valence-corrected chi connectivity index (χ2v) is 3.37. The van der Waals surface area contributed by atoms with E-state index in [0.717, 1.165) is 25.9 Å². The molecule has 1 atom stereocenters. The summed E-state index contributed by atoms with van der Waals surface area (Å²) in [5.74, 6) is 0.461. The Bertz CT molecular complexity index is 335. The molecule has 0 aromatic carbocycles. The van der Waals surface area contributed by atoms with Crippen LogP contribution in [0.15, 0.2) is 9.21 Å². The van der Waals surface area contributed by atoms with Crippen LogP contribution in [0.4, 0.5) is 0 Å². The maximum absolute atomic E-state index is 11.0. The average Bonchev–Trinajstić information content (AvgIpc) is 2.49. The van der Waals surface area contributed by atoms with Crippen LogP contribution in [0.25, 0.3) is 0 Å². The van der Waals surface area contributed by atoms with Gasteiger partial charge < -0.3 is 9.73 Å². The van der Waals surface area contributed by atoms with E-state index in [-0.39, 0.29) is 11.7 Å². The molecule has 0 saturated carbocycles. The highest BCUT2D eigenvalue weighted by molar-refractivity contribution is 4.92. The molecule has 0 radical (unpaired) electrons. The van der Waals surface area contributed by atoms with Gasteiger partial charge in [-0.2, -0.15) is 4.68 Å². The summed E-state index contributed by atoms with van der Waals surface area (Å²) in [4.78, 5) is 11.0. The van der Waals surface area contributed by atoms with E-state index in [1.165, 1.54) is 4.68 Å². The summed E-state index contributed by atoms with van der Waals surface area (Å²) in [5, 5.41) is 7.28. The van der Waals surface area contributed by atoms with Crippen LogP contribution in [-0.4, -0.2) is 22.9 Å². The van der Waals surface area contributed by atoms with E-state index < -0.39 is 0 Å². The Morgan fingerprint density at radius 1 is 1.69 bits per heavy atom. The number of nitrogens with one attached hydrogen (secondary N) is 1. The lowest BCUT2D eigenvalue weighted by Gasteiger charge is -2.18. The Morgan fingerprint density at radius 3 is 3.08 bits per heavy atom. The number of hydrogen-bond donors (Lipinski definition) is 1. The normalized spacial score (nSPS) is 23.3. The molecule has 5 heteroatoms. The number of hydrogen-bond acceptors (Lipinski definition) is 4. The Morgan fingerprint density at radius 2 is 2.54 bits per heavy atom. The van der Waals surface area contributed by atoms with Crippen LogP contribution in [0.2, 0.25) is 0 Å². The van der Waals surface area contributed by atoms with Gasteiger partial charge in [-0.1, -0.05) is 0 Å². The molecule has 2 heterocycles. The van der Waals surface area contributed by atoms with Gasteiger partial charge in [0, 0.05) is 19.5 Å². The molecule has 1 unspecified atom stereocenters. The van der Waals surface area contributed by atoms with Crippen molar-refractivity contribution in [2.75, 3.05) is 13.1 Å². The topological polar surface area (TPSA) is 60.1 Å². The number of aryl methyl sites for hydroxylation is 1. The number of aromatic nitrogens is 2. The lowest BCUT2D eigenvalue weighted by atomic mass is 10.00. The van der Waals surface area contributed by atoms with Gasteiger partial charge >= 0.3 is 5.76 Å². The zero-order valence-corrected chi connectivity index (χ0v) is 7.62. The summed E-state index contributed by atoms with van der Waals surface area (Å²) in [5.41, 5.74) is 0. The monoisotopic (exact) mass is 183 g/mol. The van der Waals surface area contributed by atoms with Gasteiger partial charge in [-0.3, -0.25) is 0 Å². The molecule has 1 aliphatic rings. The first-order valence-electron chi connectivity index (χ1n) is 4.52. The molecule has 1 aromatic heterocycles. The molecule has 1 N–H and O–H groups in total. The number of rotatable bonds is 1. The molecule has 0 bridgehead atoms. The van der Waals surface area contributed by atoms with Gasteiger partial charge in [0.1, 0.15) is 0 Å². The van der Waals surface area contributed by atoms with Gasteiger partial charge in [0.25, 0.3) is 0 Å². The van der Waals surface area contributed by atoms with E-state index in [2.05, 4.69) is 10.4 Å². The van der Waals surface area contributed by atoms with Crippen molar-refractivity contribution in [2.45, 2.75) is 18.8 Å². The highest BCUT2D eigenvalue weighted by Crippen LogP contribution is 2.19. The molecule has 2 rings (SSSR count). The van der Waals surface area contributed by atoms with Crippen molar-refractivity contribution in [2.24, 2.45) is 7.05 Å². The van der Waals surface area contributed by atoms with Crippen molar-refractivity contribution < 1.29 is 4.42 Å². The van der Waals surface area contributed by atoms with Crippen molar-refractivity contribution in [3.63, 3.8) is 0 Å². The quantitative estimate of drug-likeness (QED) is 0.657. The van der Waals surface area contributed by atoms with Gasteiger partial charge in [-0.15, -0.1) is 5.10 Å². The largest absolute Gasteiger partial charge is 0.436 e. The molecular weight excluding hydrogens is 170 g/mol. The third-order valence-electron chi connectivity index (χ3n) is 2.35. The van der Waals surface area contributed by atoms with Crippen LogP contribution in [0, 0.1) is 0 Å². The third-order valence-corrected chi connectivity index (χ3v) is 2.35. The predicted molar refractivity (Wildman–Crippen MR) is 46.6 cm³/mol. The van der Waals surface area contributed by atoms with Gasteiger partial charge in [-0.25, -0.2) is 4.79 Å². The molecule has 1 saturated heterocycles. The third kappa shape index (κ3) is 1.65. The first-order chi connectivity index (χ1) is 6.27. The van der Waals surface area contributed by atoms with E-state index in [1.807, 2.05) is 0 Å². The van der Waals surface area contributed by atoms with Crippen LogP contribution in [0.5, 0.6) is 0 Å². The van der Waals surface area contributed by atoms with E-state index in [1.54, 1.807) is 7.05 Å². The molecule has 1 aromatic rings. The average molecular weight is 183 g/mol. The Hall–Kier alpha value is -1.10. The van der Waals surface area contributed by atoms with E-state index in [9.17, 15) is 4.79 Å². The smallest absolute Gasteiger partial charge is 0.392 e. The predicted octanol–water partition coefficient (Wildman–Crippen LogP) is -0.160. The molecule has 13 heavy (non-hydrogen) atoms. The first-order valence-corrected chi connectivity index (χ1v) is 4.52. The molecule has 5 nitrogen and oxygen atoms in total. The van der Waals surface area contributed by atoms with Crippen molar-refractivity contribution in [1.29, 1.82) is 0 Å². The minimum atomic E-state index is -0.374. The molecular formula is C8H13N3O2. The summed E-state index contributed by atoms with van der Waals surface area (Å²) in [7, 11) is 1.60. The van der Waals surface area contributed by atoms with Crippen LogP contribution < -0.4 is 11.1 Å². The Labute approximate surface area is 75.7 Å². The van der Waals surface area contributed by atoms with Crippen LogP contribution in [0.3, 0.4) is 0 Å². The van der Waals surface area contributed by atoms with E-state index >= 15 is 0 Å². The summed E-state index contributed by atoms with van der Waals surface area (Å²) < 4.78 is 6.25. The lowest BCUT2D eigenvalue weighted by molar-refractivity contribution is 0.365. The molecule has 0 amide bonds. The highest BCUT2D eigenvalue weighted by atomic mass is 16.4. The van der Waals surface area contributed by atoms with E-state index in [0.29, 0.717) is 5.89 Å². The second kappa shape index (κ2) is 3.33. The SMILES string of the molecule is Cn1nc(C2CCCNC2)oc1=O. The summed E-state index contributed by atoms with van der Waals surface area (Å²) in [6.07, 6.45) is 2.16. The van der Waals surface area contributed by atoms with Crippen molar-refractivity contribution >= 4 is 0 Å². The number of nitrogens with zero attached hydrogens (tertiary/aromatic N) is 2. The molecule has 72 valence electrons. The summed E-state index contributed by atoms with van der Waals surface area (Å²) in [6, 6.07) is 0. The van der Waals surface area contributed by atoms with Crippen molar-refractivity contribution in [3.05, 3.63) is 16.4 Å². The number of piperidine rings is 1. The molecule has 1 aliphatic heterocycles. The summed E-state index contributed by atoms with van der Waals surface area (Å²) in [6.45, 7) is 1.91. The Balaban J connectivity index is 2.19. The van der Waals surface area contributed by atoms with Gasteiger partial charge in [0.05, 0.1) is 0 Å². The molecule has 0 spiro atoms. The minimum absolute atomic E-state index is 0.266. The lowest BCUT2D eigenvalue weighted by Crippen LogP contribution is -2.28. The highest BCUT2D eigenvalue weighted by Gasteiger charge is 2.20. The van der Waals surface area contributed by atoms with Gasteiger partial charge in [0.2, 0.25) is 5.89 Å². The maximum Gasteiger partial charge on any atom is 0.436 e. The van der Waals surface area contributed by atoms with Gasteiger partial charge in [0.15, 0.2) is 0 Å². The first kappa shape index (κ1) is 8.50. The van der Waals surface area contributed by atoms with E-state index in [4.69, 9.17) is 4.42 Å². The van der Waals surface area contributed by atoms with Crippen molar-refractivity contribution in [1.82, 2.24) is 15.1 Å². The fourth-order valence-corrected chi connectivity index (χ4v) is 1.59. The van der Waals surface area contributed by atoms with Crippen LogP contribution in [0.1, 0.15) is 24.7 Å². The fraction of sp³-hybridized carbons (Fsp3) is 0.750. The Kier molecular flexibility index (Phi) is 2.18. The van der Waals surface area contributed by atoms with Crippen LogP contribution in [-0.2, 0) is 7.05 Å². The summed E-state index contributed by atoms with van der Waals surface area (Å²) >= 11 is 0. The van der Waals surface area contributed by atoms with Crippen LogP contribution >= 0.6 is 0 Å². The van der Waals surface area contributed by atoms with Gasteiger partial charge in [-0.05, 0) is 19.4 Å². The minimum Gasteiger partial charge on any atom is -0.392 e. The standard InChI is InChI=1S/C8H13N3O2/c1-11-8(12)13-7(10-11)6-3-2-4-9-5-6/h6,9H,2-5H2,1H3. The fourth-order valence-electron chi connectivity index (χ4n) is 1.59. The van der Waals surface area contributed by atoms with Crippen molar-refractivity contribution in [3.8, 4) is 0 Å². The molecule has 0 aliphatic carbocycles. The second-order valence-electron chi connectivity index (χ2n) is 3.37.